The lowest BCUT2D eigenvalue weighted by molar-refractivity contribution is -0.113. The first-order valence-corrected chi connectivity index (χ1v) is 9.28. The molecule has 2 aromatic carbocycles. The third-order valence-corrected chi connectivity index (χ3v) is 5.42. The van der Waals surface area contributed by atoms with E-state index in [1.165, 1.54) is 11.8 Å². The van der Waals surface area contributed by atoms with Gasteiger partial charge in [0.25, 0.3) is 5.91 Å². The van der Waals surface area contributed by atoms with Gasteiger partial charge in [-0.3, -0.25) is 9.69 Å². The van der Waals surface area contributed by atoms with Gasteiger partial charge in [0.15, 0.2) is 4.32 Å². The van der Waals surface area contributed by atoms with Crippen LogP contribution in [-0.4, -0.2) is 24.3 Å². The second kappa shape index (κ2) is 7.09. The van der Waals surface area contributed by atoms with Crippen LogP contribution in [0.5, 0.6) is 0 Å². The highest BCUT2D eigenvalue weighted by Gasteiger charge is 2.33. The first kappa shape index (κ1) is 17.2. The Hall–Kier alpha value is -1.63. The molecule has 0 N–H and O–H groups in total. The maximum atomic E-state index is 12.7. The lowest BCUT2D eigenvalue weighted by Gasteiger charge is -2.17. The number of rotatable bonds is 3. The van der Waals surface area contributed by atoms with E-state index in [1.807, 2.05) is 73.6 Å². The molecule has 0 aromatic heterocycles. The van der Waals surface area contributed by atoms with Gasteiger partial charge in [0.2, 0.25) is 0 Å². The first-order valence-electron chi connectivity index (χ1n) is 7.26. The molecule has 1 fully saturated rings. The van der Waals surface area contributed by atoms with Crippen molar-refractivity contribution in [3.63, 3.8) is 0 Å². The van der Waals surface area contributed by atoms with Crippen molar-refractivity contribution in [2.75, 3.05) is 23.9 Å². The van der Waals surface area contributed by atoms with Crippen LogP contribution in [0.4, 0.5) is 11.4 Å². The van der Waals surface area contributed by atoms with Crippen molar-refractivity contribution in [2.24, 2.45) is 0 Å². The molecule has 0 saturated carbocycles. The Morgan fingerprint density at radius 1 is 1.08 bits per heavy atom. The highest BCUT2D eigenvalue weighted by molar-refractivity contribution is 9.10. The molecule has 0 spiro atoms. The maximum absolute atomic E-state index is 12.7. The van der Waals surface area contributed by atoms with Gasteiger partial charge in [0.1, 0.15) is 0 Å². The molecular formula is C18H15BrN2OS2. The van der Waals surface area contributed by atoms with Crippen molar-refractivity contribution in [3.05, 3.63) is 63.5 Å². The number of carbonyl (C=O) groups excluding carboxylic acids is 1. The summed E-state index contributed by atoms with van der Waals surface area (Å²) in [6.07, 6.45) is 1.87. The summed E-state index contributed by atoms with van der Waals surface area (Å²) in [4.78, 5) is 17.0. The molecule has 1 aliphatic rings. The fourth-order valence-electron chi connectivity index (χ4n) is 2.30. The van der Waals surface area contributed by atoms with E-state index < -0.39 is 0 Å². The maximum Gasteiger partial charge on any atom is 0.270 e. The summed E-state index contributed by atoms with van der Waals surface area (Å²) in [5.41, 5.74) is 2.85. The van der Waals surface area contributed by atoms with Crippen LogP contribution in [0.25, 0.3) is 6.08 Å². The predicted octanol–water partition coefficient (Wildman–Crippen LogP) is 4.92. The van der Waals surface area contributed by atoms with Gasteiger partial charge in [0, 0.05) is 24.3 Å². The Kier molecular flexibility index (Phi) is 5.08. The van der Waals surface area contributed by atoms with E-state index in [-0.39, 0.29) is 5.91 Å². The van der Waals surface area contributed by atoms with Gasteiger partial charge >= 0.3 is 0 Å². The van der Waals surface area contributed by atoms with E-state index in [2.05, 4.69) is 15.9 Å². The topological polar surface area (TPSA) is 23.6 Å². The first-order chi connectivity index (χ1) is 11.5. The SMILES string of the molecule is CN(C)c1ccc(N2C(=O)/C(=C\c3ccc(Br)cc3)SC2=S)cc1. The fourth-order valence-corrected chi connectivity index (χ4v) is 3.86. The number of hydrogen-bond acceptors (Lipinski definition) is 4. The van der Waals surface area contributed by atoms with Crippen LogP contribution in [0.15, 0.2) is 57.9 Å². The number of nitrogens with zero attached hydrogens (tertiary/aromatic N) is 2. The molecule has 1 heterocycles. The van der Waals surface area contributed by atoms with Crippen LogP contribution in [0.2, 0.25) is 0 Å². The minimum Gasteiger partial charge on any atom is -0.378 e. The number of hydrogen-bond donors (Lipinski definition) is 0. The van der Waals surface area contributed by atoms with Crippen LogP contribution in [0.3, 0.4) is 0 Å². The Balaban J connectivity index is 1.87. The van der Waals surface area contributed by atoms with E-state index in [4.69, 9.17) is 12.2 Å². The average molecular weight is 419 g/mol. The van der Waals surface area contributed by atoms with Crippen LogP contribution in [0.1, 0.15) is 5.56 Å². The molecule has 0 bridgehead atoms. The van der Waals surface area contributed by atoms with Gasteiger partial charge < -0.3 is 4.90 Å². The molecule has 0 radical (unpaired) electrons. The summed E-state index contributed by atoms with van der Waals surface area (Å²) >= 11 is 10.2. The molecule has 24 heavy (non-hydrogen) atoms. The molecule has 122 valence electrons. The minimum absolute atomic E-state index is 0.0782. The van der Waals surface area contributed by atoms with Crippen LogP contribution < -0.4 is 9.80 Å². The highest BCUT2D eigenvalue weighted by Crippen LogP contribution is 2.36. The quantitative estimate of drug-likeness (QED) is 0.521. The van der Waals surface area contributed by atoms with Crippen molar-refractivity contribution < 1.29 is 4.79 Å². The molecule has 3 nitrogen and oxygen atoms in total. The molecule has 6 heteroatoms. The van der Waals surface area contributed by atoms with Crippen molar-refractivity contribution in [1.29, 1.82) is 0 Å². The average Bonchev–Trinajstić information content (AvgIpc) is 2.83. The monoisotopic (exact) mass is 418 g/mol. The van der Waals surface area contributed by atoms with Crippen LogP contribution >= 0.6 is 39.9 Å². The summed E-state index contributed by atoms with van der Waals surface area (Å²) in [6, 6.07) is 15.6. The molecule has 3 rings (SSSR count). The summed E-state index contributed by atoms with van der Waals surface area (Å²) in [5, 5.41) is 0. The Morgan fingerprint density at radius 3 is 2.29 bits per heavy atom. The highest BCUT2D eigenvalue weighted by atomic mass is 79.9. The van der Waals surface area contributed by atoms with Crippen molar-refractivity contribution in [3.8, 4) is 0 Å². The largest absolute Gasteiger partial charge is 0.378 e. The van der Waals surface area contributed by atoms with E-state index in [0.29, 0.717) is 9.23 Å². The zero-order valence-corrected chi connectivity index (χ0v) is 16.4. The molecule has 0 unspecified atom stereocenters. The van der Waals surface area contributed by atoms with Crippen molar-refractivity contribution in [2.45, 2.75) is 0 Å². The third kappa shape index (κ3) is 3.55. The van der Waals surface area contributed by atoms with Gasteiger partial charge in [-0.25, -0.2) is 0 Å². The lowest BCUT2D eigenvalue weighted by atomic mass is 10.2. The molecule has 1 aliphatic heterocycles. The normalized spacial score (nSPS) is 16.1. The number of benzene rings is 2. The van der Waals surface area contributed by atoms with Crippen LogP contribution in [-0.2, 0) is 4.79 Å². The second-order valence-corrected chi connectivity index (χ2v) is 8.07. The van der Waals surface area contributed by atoms with E-state index in [1.54, 1.807) is 4.90 Å². The standard InChI is InChI=1S/C18H15BrN2OS2/c1-20(2)14-7-9-15(10-8-14)21-17(22)16(24-18(21)23)11-12-3-5-13(19)6-4-12/h3-11H,1-2H3/b16-11+. The predicted molar refractivity (Wildman–Crippen MR) is 111 cm³/mol. The number of thiocarbonyl (C=S) groups is 1. The fraction of sp³-hybridized carbons (Fsp3) is 0.111. The molecule has 1 saturated heterocycles. The third-order valence-electron chi connectivity index (χ3n) is 3.59. The number of anilines is 2. The van der Waals surface area contributed by atoms with Gasteiger partial charge in [-0.2, -0.15) is 0 Å². The molecule has 0 atom stereocenters. The molecule has 2 aromatic rings. The smallest absolute Gasteiger partial charge is 0.270 e. The Labute approximate surface area is 159 Å². The summed E-state index contributed by atoms with van der Waals surface area (Å²) < 4.78 is 1.56. The number of halogens is 1. The molecule has 1 amide bonds. The Morgan fingerprint density at radius 2 is 1.71 bits per heavy atom. The molecular weight excluding hydrogens is 404 g/mol. The summed E-state index contributed by atoms with van der Waals surface area (Å²) in [7, 11) is 3.96. The zero-order chi connectivity index (χ0) is 17.3. The van der Waals surface area contributed by atoms with E-state index in [0.717, 1.165) is 21.4 Å². The van der Waals surface area contributed by atoms with E-state index >= 15 is 0 Å². The number of carbonyl (C=O) groups is 1. The van der Waals surface area contributed by atoms with Gasteiger partial charge in [-0.15, -0.1) is 0 Å². The van der Waals surface area contributed by atoms with Crippen molar-refractivity contribution in [1.82, 2.24) is 0 Å². The lowest BCUT2D eigenvalue weighted by Crippen LogP contribution is -2.27. The second-order valence-electron chi connectivity index (χ2n) is 5.48. The van der Waals surface area contributed by atoms with E-state index in [9.17, 15) is 4.79 Å². The van der Waals surface area contributed by atoms with Gasteiger partial charge in [-0.05, 0) is 48.0 Å². The van der Waals surface area contributed by atoms with Crippen molar-refractivity contribution >= 4 is 67.6 Å². The van der Waals surface area contributed by atoms with Gasteiger partial charge in [-0.1, -0.05) is 52.0 Å². The summed E-state index contributed by atoms with van der Waals surface area (Å²) in [5.74, 6) is -0.0782. The number of thioether (sulfide) groups is 1. The number of amides is 1. The summed E-state index contributed by atoms with van der Waals surface area (Å²) in [6.45, 7) is 0. The van der Waals surface area contributed by atoms with Gasteiger partial charge in [0.05, 0.1) is 10.6 Å². The molecule has 0 aliphatic carbocycles. The van der Waals surface area contributed by atoms with Crippen LogP contribution in [0, 0.1) is 0 Å². The Bertz CT molecular complexity index is 814. The minimum atomic E-state index is -0.0782. The zero-order valence-electron chi connectivity index (χ0n) is 13.2.